The fourth-order valence-corrected chi connectivity index (χ4v) is 8.02. The number of phosphoric ester groups is 1. The van der Waals surface area contributed by atoms with Crippen molar-refractivity contribution in [1.82, 2.24) is 0 Å². The molecule has 11 heteroatoms. The van der Waals surface area contributed by atoms with E-state index in [1.807, 2.05) is 0 Å². The molecule has 0 saturated heterocycles. The van der Waals surface area contributed by atoms with Crippen molar-refractivity contribution in [2.75, 3.05) is 26.4 Å². The van der Waals surface area contributed by atoms with Gasteiger partial charge in [-0.25, -0.2) is 4.57 Å². The number of nitrogens with two attached hydrogens (primary N) is 1. The van der Waals surface area contributed by atoms with Gasteiger partial charge in [-0.3, -0.25) is 18.6 Å². The number of carbonyl (C=O) groups is 2. The summed E-state index contributed by atoms with van der Waals surface area (Å²) in [6.45, 7) is 3.91. The average Bonchev–Trinajstić information content (AvgIpc) is 3.24. The van der Waals surface area contributed by atoms with Gasteiger partial charge in [0.25, 0.3) is 0 Å². The highest BCUT2D eigenvalue weighted by Crippen LogP contribution is 2.43. The van der Waals surface area contributed by atoms with E-state index in [-0.39, 0.29) is 13.0 Å². The van der Waals surface area contributed by atoms with Crippen LogP contribution in [0.5, 0.6) is 0 Å². The van der Waals surface area contributed by atoms with Gasteiger partial charge >= 0.3 is 19.8 Å². The SMILES string of the molecule is CCCCCCCC/C=C\CCCCCCCCCCCCOCC(COP(=O)(O)OCC(N)C(=O)O)OC(=O)CCCCCCCCCCC/C=C\CCCCCCCC. The van der Waals surface area contributed by atoms with E-state index in [0.717, 1.165) is 38.5 Å². The second-order valence-corrected chi connectivity index (χ2v) is 18.7. The molecule has 0 aromatic carbocycles. The summed E-state index contributed by atoms with van der Waals surface area (Å²) in [6.07, 6.45) is 52.3. The van der Waals surface area contributed by atoms with Crippen molar-refractivity contribution >= 4 is 19.8 Å². The maximum absolute atomic E-state index is 12.7. The van der Waals surface area contributed by atoms with E-state index < -0.39 is 45.1 Å². The Morgan fingerprint density at radius 2 is 0.852 bits per heavy atom. The summed E-state index contributed by atoms with van der Waals surface area (Å²) in [5.74, 6) is -1.77. The van der Waals surface area contributed by atoms with E-state index in [2.05, 4.69) is 38.2 Å². The standard InChI is InChI=1S/C50H96NO9P/c1-3-5-7-9-11-13-15-17-19-21-23-25-27-29-31-33-35-37-39-41-43-57-44-47(45-58-61(55,56)59-46-48(51)50(53)54)60-49(52)42-40-38-36-34-32-30-28-26-24-22-20-18-16-14-12-10-8-6-4-2/h17-20,47-48H,3-16,21-46,51H2,1-2H3,(H,53,54)(H,55,56)/b19-17-,20-18-. The Bertz CT molecular complexity index is 1070. The van der Waals surface area contributed by atoms with Crippen LogP contribution in [0.15, 0.2) is 24.3 Å². The van der Waals surface area contributed by atoms with Crippen LogP contribution in [0.1, 0.15) is 245 Å². The first kappa shape index (κ1) is 59.5. The third-order valence-corrected chi connectivity index (χ3v) is 12.2. The molecule has 0 aromatic heterocycles. The zero-order valence-corrected chi connectivity index (χ0v) is 40.4. The Labute approximate surface area is 374 Å². The van der Waals surface area contributed by atoms with Crippen molar-refractivity contribution in [3.8, 4) is 0 Å². The number of hydrogen-bond donors (Lipinski definition) is 3. The minimum atomic E-state index is -4.62. The number of carboxylic acid groups (broad SMARTS) is 1. The van der Waals surface area contributed by atoms with E-state index in [9.17, 15) is 19.0 Å². The maximum atomic E-state index is 12.7. The number of rotatable bonds is 49. The van der Waals surface area contributed by atoms with Crippen LogP contribution in [0.25, 0.3) is 0 Å². The molecule has 0 aliphatic carbocycles. The van der Waals surface area contributed by atoms with Gasteiger partial charge in [-0.1, -0.05) is 199 Å². The summed E-state index contributed by atoms with van der Waals surface area (Å²) in [5.41, 5.74) is 5.37. The van der Waals surface area contributed by atoms with Crippen LogP contribution in [-0.4, -0.2) is 60.5 Å². The van der Waals surface area contributed by atoms with Gasteiger partial charge in [0.1, 0.15) is 12.1 Å². The monoisotopic (exact) mass is 886 g/mol. The predicted molar refractivity (Wildman–Crippen MR) is 254 cm³/mol. The lowest BCUT2D eigenvalue weighted by Gasteiger charge is -2.20. The van der Waals surface area contributed by atoms with Gasteiger partial charge in [-0.15, -0.1) is 0 Å². The first-order valence-electron chi connectivity index (χ1n) is 25.4. The highest BCUT2D eigenvalue weighted by molar-refractivity contribution is 7.47. The number of ether oxygens (including phenoxy) is 2. The summed E-state index contributed by atoms with van der Waals surface area (Å²) in [6, 6.07) is -1.47. The normalized spacial score (nSPS) is 13.9. The number of allylic oxidation sites excluding steroid dienone is 4. The van der Waals surface area contributed by atoms with Crippen molar-refractivity contribution in [1.29, 1.82) is 0 Å². The minimum Gasteiger partial charge on any atom is -0.480 e. The van der Waals surface area contributed by atoms with Crippen LogP contribution in [0, 0.1) is 0 Å². The van der Waals surface area contributed by atoms with E-state index in [1.54, 1.807) is 0 Å². The number of carboxylic acids is 1. The number of unbranched alkanes of at least 4 members (excludes halogenated alkanes) is 31. The molecular weight excluding hydrogens is 790 g/mol. The molecule has 3 atom stereocenters. The van der Waals surface area contributed by atoms with Gasteiger partial charge in [0, 0.05) is 13.0 Å². The molecule has 4 N–H and O–H groups in total. The highest BCUT2D eigenvalue weighted by atomic mass is 31.2. The molecule has 0 spiro atoms. The van der Waals surface area contributed by atoms with Crippen LogP contribution in [0.3, 0.4) is 0 Å². The molecule has 0 heterocycles. The van der Waals surface area contributed by atoms with E-state index in [4.69, 9.17) is 29.4 Å². The molecule has 3 unspecified atom stereocenters. The fourth-order valence-electron chi connectivity index (χ4n) is 7.24. The Balaban J connectivity index is 4.13. The zero-order valence-electron chi connectivity index (χ0n) is 39.5. The minimum absolute atomic E-state index is 0.0186. The maximum Gasteiger partial charge on any atom is 0.472 e. The molecule has 0 aliphatic heterocycles. The molecule has 0 amide bonds. The summed E-state index contributed by atoms with van der Waals surface area (Å²) in [5, 5.41) is 8.92. The summed E-state index contributed by atoms with van der Waals surface area (Å²) in [4.78, 5) is 33.7. The summed E-state index contributed by atoms with van der Waals surface area (Å²) >= 11 is 0. The second kappa shape index (κ2) is 46.4. The van der Waals surface area contributed by atoms with Crippen LogP contribution in [-0.2, 0) is 32.7 Å². The molecule has 360 valence electrons. The third kappa shape index (κ3) is 46.3. The Morgan fingerprint density at radius 1 is 0.508 bits per heavy atom. The molecule has 61 heavy (non-hydrogen) atoms. The smallest absolute Gasteiger partial charge is 0.472 e. The van der Waals surface area contributed by atoms with Gasteiger partial charge in [0.2, 0.25) is 0 Å². The Hall–Kier alpha value is -1.55. The molecular formula is C50H96NO9P. The van der Waals surface area contributed by atoms with Crippen LogP contribution < -0.4 is 5.73 Å². The van der Waals surface area contributed by atoms with Gasteiger partial charge in [0.15, 0.2) is 0 Å². The summed E-state index contributed by atoms with van der Waals surface area (Å²) in [7, 11) is -4.62. The Morgan fingerprint density at radius 3 is 1.25 bits per heavy atom. The highest BCUT2D eigenvalue weighted by Gasteiger charge is 2.27. The largest absolute Gasteiger partial charge is 0.480 e. The van der Waals surface area contributed by atoms with E-state index >= 15 is 0 Å². The first-order valence-corrected chi connectivity index (χ1v) is 26.9. The quantitative estimate of drug-likeness (QED) is 0.0233. The number of hydrogen-bond acceptors (Lipinski definition) is 8. The molecule has 0 aliphatic rings. The lowest BCUT2D eigenvalue weighted by Crippen LogP contribution is -2.34. The number of aliphatic carboxylic acids is 1. The van der Waals surface area contributed by atoms with Gasteiger partial charge in [-0.2, -0.15) is 0 Å². The lowest BCUT2D eigenvalue weighted by molar-refractivity contribution is -0.154. The van der Waals surface area contributed by atoms with Crippen LogP contribution in [0.4, 0.5) is 0 Å². The van der Waals surface area contributed by atoms with E-state index in [0.29, 0.717) is 13.0 Å². The number of esters is 1. The van der Waals surface area contributed by atoms with Crippen molar-refractivity contribution < 1.29 is 42.7 Å². The van der Waals surface area contributed by atoms with E-state index in [1.165, 1.54) is 180 Å². The van der Waals surface area contributed by atoms with Gasteiger partial charge in [-0.05, 0) is 64.2 Å². The molecule has 0 aromatic rings. The molecule has 0 saturated carbocycles. The molecule has 0 radical (unpaired) electrons. The zero-order chi connectivity index (χ0) is 44.8. The van der Waals surface area contributed by atoms with Gasteiger partial charge in [0.05, 0.1) is 19.8 Å². The third-order valence-electron chi connectivity index (χ3n) is 11.2. The first-order chi connectivity index (χ1) is 29.7. The van der Waals surface area contributed by atoms with Gasteiger partial charge < -0.3 is 25.2 Å². The van der Waals surface area contributed by atoms with Crippen molar-refractivity contribution in [3.05, 3.63) is 24.3 Å². The molecule has 0 bridgehead atoms. The molecule has 0 rings (SSSR count). The number of carbonyl (C=O) groups excluding carboxylic acids is 1. The number of phosphoric acid groups is 1. The Kier molecular flexibility index (Phi) is 45.3. The van der Waals surface area contributed by atoms with Crippen LogP contribution in [0.2, 0.25) is 0 Å². The fraction of sp³-hybridized carbons (Fsp3) is 0.880. The van der Waals surface area contributed by atoms with Crippen LogP contribution >= 0.6 is 7.82 Å². The lowest BCUT2D eigenvalue weighted by atomic mass is 10.1. The molecule has 0 fully saturated rings. The summed E-state index contributed by atoms with van der Waals surface area (Å²) < 4.78 is 33.5. The molecule has 10 nitrogen and oxygen atoms in total. The van der Waals surface area contributed by atoms with Crippen molar-refractivity contribution in [2.45, 2.75) is 257 Å². The second-order valence-electron chi connectivity index (χ2n) is 17.3. The average molecular weight is 886 g/mol. The van der Waals surface area contributed by atoms with Crippen molar-refractivity contribution in [3.63, 3.8) is 0 Å². The van der Waals surface area contributed by atoms with Crippen molar-refractivity contribution in [2.24, 2.45) is 5.73 Å². The topological polar surface area (TPSA) is 155 Å². The predicted octanol–water partition coefficient (Wildman–Crippen LogP) is 14.7.